The summed E-state index contributed by atoms with van der Waals surface area (Å²) in [5.41, 5.74) is 0.600. The van der Waals surface area contributed by atoms with Gasteiger partial charge in [0, 0.05) is 25.2 Å². The van der Waals surface area contributed by atoms with Gasteiger partial charge in [-0.25, -0.2) is 17.5 Å². The number of likely N-dealkylation sites (N-methyl/N-ethyl adjacent to an activating group) is 1. The minimum Gasteiger partial charge on any atom is -0.456 e. The predicted molar refractivity (Wildman–Crippen MR) is 105 cm³/mol. The minimum atomic E-state index is -3.81. The molecule has 1 N–H and O–H groups in total. The number of hydrogen-bond donors (Lipinski definition) is 1. The average molecular weight is 443 g/mol. The first-order chi connectivity index (χ1) is 13.7. The lowest BCUT2D eigenvalue weighted by atomic mass is 10.2. The van der Waals surface area contributed by atoms with Gasteiger partial charge in [-0.3, -0.25) is 9.59 Å². The van der Waals surface area contributed by atoms with E-state index < -0.39 is 34.3 Å². The number of nitrogens with zero attached hydrogens (tertiary/aromatic N) is 1. The molecular formula is C19H20ClFN2O5S. The molecule has 156 valence electrons. The Morgan fingerprint density at radius 3 is 2.59 bits per heavy atom. The lowest BCUT2D eigenvalue weighted by Gasteiger charge is -2.17. The maximum atomic E-state index is 13.2. The van der Waals surface area contributed by atoms with Crippen LogP contribution in [0.15, 0.2) is 53.4 Å². The number of rotatable bonds is 9. The zero-order chi connectivity index (χ0) is 21.4. The summed E-state index contributed by atoms with van der Waals surface area (Å²) in [7, 11) is -2.31. The number of halogens is 2. The van der Waals surface area contributed by atoms with E-state index in [0.29, 0.717) is 5.56 Å². The van der Waals surface area contributed by atoms with Gasteiger partial charge in [0.2, 0.25) is 10.0 Å². The van der Waals surface area contributed by atoms with E-state index in [0.717, 1.165) is 0 Å². The second kappa shape index (κ2) is 10.3. The molecule has 0 heterocycles. The van der Waals surface area contributed by atoms with Gasteiger partial charge in [0.15, 0.2) is 6.61 Å². The Balaban J connectivity index is 1.74. The van der Waals surface area contributed by atoms with Crippen LogP contribution in [0.4, 0.5) is 4.39 Å². The van der Waals surface area contributed by atoms with Crippen LogP contribution in [0.3, 0.4) is 0 Å². The number of hydrogen-bond acceptors (Lipinski definition) is 5. The average Bonchev–Trinajstić information content (AvgIpc) is 2.66. The number of esters is 1. The zero-order valence-corrected chi connectivity index (χ0v) is 17.2. The van der Waals surface area contributed by atoms with E-state index >= 15 is 0 Å². The van der Waals surface area contributed by atoms with E-state index in [1.165, 1.54) is 48.3 Å². The molecule has 0 fully saturated rings. The molecule has 10 heteroatoms. The summed E-state index contributed by atoms with van der Waals surface area (Å²) in [5.74, 6) is -1.61. The molecule has 0 spiro atoms. The van der Waals surface area contributed by atoms with Gasteiger partial charge >= 0.3 is 5.97 Å². The van der Waals surface area contributed by atoms with Crippen LogP contribution in [0.1, 0.15) is 12.0 Å². The Labute approximate surface area is 173 Å². The molecule has 29 heavy (non-hydrogen) atoms. The molecule has 2 rings (SSSR count). The zero-order valence-electron chi connectivity index (χ0n) is 15.6. The van der Waals surface area contributed by atoms with Crippen molar-refractivity contribution in [2.75, 3.05) is 20.2 Å². The molecule has 2 aromatic carbocycles. The number of benzene rings is 2. The standard InChI is InChI=1S/C19H20ClFN2O5S/c1-23(12-14-4-2-6-16(21)10-14)18(24)13-28-19(25)8-9-22-29(26,27)17-7-3-5-15(20)11-17/h2-7,10-11,22H,8-9,12-13H2,1H3. The normalized spacial score (nSPS) is 11.1. The smallest absolute Gasteiger partial charge is 0.307 e. The number of carbonyl (C=O) groups excluding carboxylic acids is 2. The number of ether oxygens (including phenoxy) is 1. The molecular weight excluding hydrogens is 423 g/mol. The van der Waals surface area contributed by atoms with Crippen molar-refractivity contribution in [2.24, 2.45) is 0 Å². The lowest BCUT2D eigenvalue weighted by molar-refractivity contribution is -0.151. The summed E-state index contributed by atoms with van der Waals surface area (Å²) in [6.45, 7) is -0.528. The van der Waals surface area contributed by atoms with Crippen LogP contribution >= 0.6 is 11.6 Å². The molecule has 1 amide bonds. The van der Waals surface area contributed by atoms with Crippen molar-refractivity contribution in [1.82, 2.24) is 9.62 Å². The van der Waals surface area contributed by atoms with Gasteiger partial charge in [0.1, 0.15) is 5.82 Å². The number of sulfonamides is 1. The molecule has 0 aliphatic rings. The van der Waals surface area contributed by atoms with Gasteiger partial charge in [-0.05, 0) is 35.9 Å². The van der Waals surface area contributed by atoms with Crippen molar-refractivity contribution in [3.05, 3.63) is 64.9 Å². The summed E-state index contributed by atoms with van der Waals surface area (Å²) in [4.78, 5) is 25.0. The van der Waals surface area contributed by atoms with Gasteiger partial charge in [0.05, 0.1) is 11.3 Å². The van der Waals surface area contributed by atoms with Crippen LogP contribution < -0.4 is 4.72 Å². The molecule has 0 aromatic heterocycles. The predicted octanol–water partition coefficient (Wildman–Crippen LogP) is 2.35. The van der Waals surface area contributed by atoms with Crippen molar-refractivity contribution in [1.29, 1.82) is 0 Å². The molecule has 0 aliphatic carbocycles. The number of amides is 1. The van der Waals surface area contributed by atoms with E-state index in [1.807, 2.05) is 0 Å². The van der Waals surface area contributed by atoms with Crippen LogP contribution in [-0.4, -0.2) is 45.4 Å². The third-order valence-electron chi connectivity index (χ3n) is 3.82. The molecule has 0 radical (unpaired) electrons. The van der Waals surface area contributed by atoms with Gasteiger partial charge in [-0.1, -0.05) is 29.8 Å². The maximum Gasteiger partial charge on any atom is 0.307 e. The van der Waals surface area contributed by atoms with Crippen molar-refractivity contribution >= 4 is 33.5 Å². The quantitative estimate of drug-likeness (QED) is 0.602. The van der Waals surface area contributed by atoms with Crippen LogP contribution in [0.5, 0.6) is 0 Å². The Bertz CT molecular complexity index is 984. The third-order valence-corrected chi connectivity index (χ3v) is 5.51. The molecule has 0 unspecified atom stereocenters. The summed E-state index contributed by atoms with van der Waals surface area (Å²) < 4.78 is 44.5. The second-order valence-corrected chi connectivity index (χ2v) is 8.35. The van der Waals surface area contributed by atoms with E-state index in [1.54, 1.807) is 12.1 Å². The van der Waals surface area contributed by atoms with Crippen molar-refractivity contribution in [3.63, 3.8) is 0 Å². The first-order valence-electron chi connectivity index (χ1n) is 8.56. The van der Waals surface area contributed by atoms with Crippen LogP contribution in [0.2, 0.25) is 5.02 Å². The molecule has 0 aliphatic heterocycles. The Kier molecular flexibility index (Phi) is 8.12. The van der Waals surface area contributed by atoms with Crippen LogP contribution in [0.25, 0.3) is 0 Å². The van der Waals surface area contributed by atoms with Crippen LogP contribution in [-0.2, 0) is 30.9 Å². The Morgan fingerprint density at radius 1 is 1.17 bits per heavy atom. The fraction of sp³-hybridized carbons (Fsp3) is 0.263. The van der Waals surface area contributed by atoms with E-state index in [4.69, 9.17) is 16.3 Å². The molecule has 2 aromatic rings. The first-order valence-corrected chi connectivity index (χ1v) is 10.4. The van der Waals surface area contributed by atoms with Crippen molar-refractivity contribution < 1.29 is 27.1 Å². The third kappa shape index (κ3) is 7.45. The topological polar surface area (TPSA) is 92.8 Å². The van der Waals surface area contributed by atoms with Crippen molar-refractivity contribution in [2.45, 2.75) is 17.9 Å². The SMILES string of the molecule is CN(Cc1cccc(F)c1)C(=O)COC(=O)CCNS(=O)(=O)c1cccc(Cl)c1. The largest absolute Gasteiger partial charge is 0.456 e. The van der Waals surface area contributed by atoms with Gasteiger partial charge in [-0.15, -0.1) is 0 Å². The summed E-state index contributed by atoms with van der Waals surface area (Å²) >= 11 is 5.77. The minimum absolute atomic E-state index is 0.0208. The second-order valence-electron chi connectivity index (χ2n) is 6.15. The highest BCUT2D eigenvalue weighted by molar-refractivity contribution is 7.89. The number of nitrogens with one attached hydrogen (secondary N) is 1. The fourth-order valence-electron chi connectivity index (χ4n) is 2.33. The summed E-state index contributed by atoms with van der Waals surface area (Å²) in [6, 6.07) is 11.5. The van der Waals surface area contributed by atoms with Gasteiger partial charge < -0.3 is 9.64 Å². The van der Waals surface area contributed by atoms with E-state index in [-0.39, 0.29) is 29.4 Å². The highest BCUT2D eigenvalue weighted by atomic mass is 35.5. The first kappa shape index (κ1) is 22.8. The van der Waals surface area contributed by atoms with Gasteiger partial charge in [0.25, 0.3) is 5.91 Å². The number of carbonyl (C=O) groups is 2. The molecule has 0 bridgehead atoms. The van der Waals surface area contributed by atoms with E-state index in [9.17, 15) is 22.4 Å². The molecule has 7 nitrogen and oxygen atoms in total. The molecule has 0 saturated heterocycles. The molecule has 0 saturated carbocycles. The highest BCUT2D eigenvalue weighted by Crippen LogP contribution is 2.15. The summed E-state index contributed by atoms with van der Waals surface area (Å²) in [6.07, 6.45) is -0.249. The van der Waals surface area contributed by atoms with Gasteiger partial charge in [-0.2, -0.15) is 0 Å². The Morgan fingerprint density at radius 2 is 1.90 bits per heavy atom. The molecule has 0 atom stereocenters. The van der Waals surface area contributed by atoms with Crippen molar-refractivity contribution in [3.8, 4) is 0 Å². The Hall–Kier alpha value is -2.49. The highest BCUT2D eigenvalue weighted by Gasteiger charge is 2.16. The maximum absolute atomic E-state index is 13.2. The van der Waals surface area contributed by atoms with Crippen LogP contribution in [0, 0.1) is 5.82 Å². The fourth-order valence-corrected chi connectivity index (χ4v) is 3.66. The lowest BCUT2D eigenvalue weighted by Crippen LogP contribution is -2.31. The summed E-state index contributed by atoms with van der Waals surface area (Å²) in [5, 5.41) is 0.271. The monoisotopic (exact) mass is 442 g/mol. The van der Waals surface area contributed by atoms with E-state index in [2.05, 4.69) is 4.72 Å².